The van der Waals surface area contributed by atoms with E-state index in [9.17, 15) is 9.59 Å². The van der Waals surface area contributed by atoms with E-state index in [1.165, 1.54) is 11.3 Å². The standard InChI is InChI=1S/C13H18ClNO3S/c1-5-18-11(16)9-6-8(2)19-10(9)15-12(17)13(3,4)7-14/h6H,5,7H2,1-4H3,(H,15,17). The van der Waals surface area contributed by atoms with Crippen molar-refractivity contribution in [3.8, 4) is 0 Å². The van der Waals surface area contributed by atoms with Gasteiger partial charge in [0, 0.05) is 10.8 Å². The summed E-state index contributed by atoms with van der Waals surface area (Å²) in [6.45, 7) is 7.41. The van der Waals surface area contributed by atoms with Gasteiger partial charge in [0.25, 0.3) is 0 Å². The van der Waals surface area contributed by atoms with Crippen molar-refractivity contribution in [2.24, 2.45) is 5.41 Å². The third-order valence-corrected chi connectivity index (χ3v) is 4.16. The number of carbonyl (C=O) groups excluding carboxylic acids is 2. The molecular formula is C13H18ClNO3S. The molecule has 0 fully saturated rings. The number of thiophene rings is 1. The number of anilines is 1. The molecule has 0 atom stereocenters. The van der Waals surface area contributed by atoms with Crippen LogP contribution in [0.3, 0.4) is 0 Å². The number of alkyl halides is 1. The Balaban J connectivity index is 2.96. The fourth-order valence-electron chi connectivity index (χ4n) is 1.30. The second-order valence-electron chi connectivity index (χ2n) is 4.79. The number of ether oxygens (including phenoxy) is 1. The van der Waals surface area contributed by atoms with Gasteiger partial charge in [0.2, 0.25) is 5.91 Å². The molecule has 6 heteroatoms. The Morgan fingerprint density at radius 2 is 2.11 bits per heavy atom. The Labute approximate surface area is 122 Å². The first kappa shape index (κ1) is 16.0. The molecule has 1 aromatic rings. The van der Waals surface area contributed by atoms with Crippen LogP contribution in [0.25, 0.3) is 0 Å². The van der Waals surface area contributed by atoms with Crippen molar-refractivity contribution in [3.05, 3.63) is 16.5 Å². The van der Waals surface area contributed by atoms with E-state index >= 15 is 0 Å². The van der Waals surface area contributed by atoms with Gasteiger partial charge in [-0.05, 0) is 33.8 Å². The fraction of sp³-hybridized carbons (Fsp3) is 0.538. The summed E-state index contributed by atoms with van der Waals surface area (Å²) in [6, 6.07) is 1.71. The van der Waals surface area contributed by atoms with E-state index in [4.69, 9.17) is 16.3 Å². The Morgan fingerprint density at radius 3 is 2.63 bits per heavy atom. The molecule has 0 aromatic carbocycles. The minimum Gasteiger partial charge on any atom is -0.462 e. The van der Waals surface area contributed by atoms with E-state index < -0.39 is 11.4 Å². The largest absolute Gasteiger partial charge is 0.462 e. The van der Waals surface area contributed by atoms with E-state index in [1.807, 2.05) is 6.92 Å². The number of aryl methyl sites for hydroxylation is 1. The molecule has 4 nitrogen and oxygen atoms in total. The minimum atomic E-state index is -0.689. The number of amides is 1. The van der Waals surface area contributed by atoms with E-state index in [0.717, 1.165) is 4.88 Å². The normalized spacial score (nSPS) is 11.2. The molecular weight excluding hydrogens is 286 g/mol. The quantitative estimate of drug-likeness (QED) is 0.669. The Morgan fingerprint density at radius 1 is 1.47 bits per heavy atom. The summed E-state index contributed by atoms with van der Waals surface area (Å²) in [4.78, 5) is 24.8. The summed E-state index contributed by atoms with van der Waals surface area (Å²) in [5.74, 6) is -0.432. The van der Waals surface area contributed by atoms with Crippen LogP contribution in [-0.4, -0.2) is 24.4 Å². The van der Waals surface area contributed by atoms with Crippen molar-refractivity contribution in [3.63, 3.8) is 0 Å². The maximum atomic E-state index is 12.1. The number of rotatable bonds is 5. The monoisotopic (exact) mass is 303 g/mol. The van der Waals surface area contributed by atoms with Crippen molar-refractivity contribution in [1.82, 2.24) is 0 Å². The first-order valence-corrected chi connectivity index (χ1v) is 7.32. The molecule has 0 saturated carbocycles. The lowest BCUT2D eigenvalue weighted by Gasteiger charge is -2.20. The van der Waals surface area contributed by atoms with Crippen LogP contribution < -0.4 is 5.32 Å². The molecule has 0 unspecified atom stereocenters. The smallest absolute Gasteiger partial charge is 0.341 e. The van der Waals surface area contributed by atoms with Crippen LogP contribution in [0.5, 0.6) is 0 Å². The summed E-state index contributed by atoms with van der Waals surface area (Å²) in [5, 5.41) is 3.27. The predicted octanol–water partition coefficient (Wildman–Crippen LogP) is 3.44. The Hall–Kier alpha value is -1.07. The molecule has 0 radical (unpaired) electrons. The molecule has 1 aromatic heterocycles. The van der Waals surface area contributed by atoms with Crippen LogP contribution in [0.15, 0.2) is 6.07 Å². The maximum Gasteiger partial charge on any atom is 0.341 e. The Kier molecular flexibility index (Phi) is 5.38. The van der Waals surface area contributed by atoms with Crippen molar-refractivity contribution in [2.75, 3.05) is 17.8 Å². The molecule has 0 aliphatic rings. The molecule has 1 amide bonds. The highest BCUT2D eigenvalue weighted by Gasteiger charge is 2.28. The molecule has 0 aliphatic heterocycles. The predicted molar refractivity (Wildman–Crippen MR) is 78.1 cm³/mol. The average Bonchev–Trinajstić information content (AvgIpc) is 2.70. The number of esters is 1. The highest BCUT2D eigenvalue weighted by molar-refractivity contribution is 7.16. The highest BCUT2D eigenvalue weighted by Crippen LogP contribution is 2.30. The molecule has 19 heavy (non-hydrogen) atoms. The lowest BCUT2D eigenvalue weighted by molar-refractivity contribution is -0.122. The number of nitrogens with one attached hydrogen (secondary N) is 1. The van der Waals surface area contributed by atoms with Crippen LogP contribution in [0.4, 0.5) is 5.00 Å². The van der Waals surface area contributed by atoms with Crippen LogP contribution in [0, 0.1) is 12.3 Å². The van der Waals surface area contributed by atoms with Gasteiger partial charge in [-0.3, -0.25) is 4.79 Å². The van der Waals surface area contributed by atoms with Gasteiger partial charge in [0.1, 0.15) is 5.00 Å². The minimum absolute atomic E-state index is 0.206. The molecule has 0 aliphatic carbocycles. The van der Waals surface area contributed by atoms with Gasteiger partial charge in [-0.1, -0.05) is 0 Å². The maximum absolute atomic E-state index is 12.1. The molecule has 1 heterocycles. The van der Waals surface area contributed by atoms with Crippen molar-refractivity contribution in [2.45, 2.75) is 27.7 Å². The number of hydrogen-bond acceptors (Lipinski definition) is 4. The van der Waals surface area contributed by atoms with E-state index in [0.29, 0.717) is 17.2 Å². The molecule has 0 bridgehead atoms. The van der Waals surface area contributed by atoms with Crippen molar-refractivity contribution >= 4 is 39.8 Å². The summed E-state index contributed by atoms with van der Waals surface area (Å²) in [5.41, 5.74) is -0.297. The molecule has 0 saturated heterocycles. The van der Waals surface area contributed by atoms with Gasteiger partial charge < -0.3 is 10.1 Å². The van der Waals surface area contributed by atoms with Crippen LogP contribution in [-0.2, 0) is 9.53 Å². The highest BCUT2D eigenvalue weighted by atomic mass is 35.5. The number of carbonyl (C=O) groups is 2. The summed E-state index contributed by atoms with van der Waals surface area (Å²) < 4.78 is 4.97. The molecule has 0 spiro atoms. The van der Waals surface area contributed by atoms with Crippen LogP contribution >= 0.6 is 22.9 Å². The first-order chi connectivity index (χ1) is 8.81. The average molecular weight is 304 g/mol. The topological polar surface area (TPSA) is 55.4 Å². The third-order valence-electron chi connectivity index (χ3n) is 2.53. The van der Waals surface area contributed by atoms with E-state index in [1.54, 1.807) is 26.8 Å². The lowest BCUT2D eigenvalue weighted by Crippen LogP contribution is -2.32. The second kappa shape index (κ2) is 6.39. The summed E-state index contributed by atoms with van der Waals surface area (Å²) in [7, 11) is 0. The SMILES string of the molecule is CCOC(=O)c1cc(C)sc1NC(=O)C(C)(C)CCl. The Bertz CT molecular complexity index is 482. The van der Waals surface area contributed by atoms with Crippen molar-refractivity contribution in [1.29, 1.82) is 0 Å². The number of hydrogen-bond donors (Lipinski definition) is 1. The van der Waals surface area contributed by atoms with Gasteiger partial charge in [0.05, 0.1) is 17.6 Å². The second-order valence-corrected chi connectivity index (χ2v) is 6.32. The lowest BCUT2D eigenvalue weighted by atomic mass is 9.95. The third kappa shape index (κ3) is 3.94. The fourth-order valence-corrected chi connectivity index (χ4v) is 2.32. The van der Waals surface area contributed by atoms with Crippen LogP contribution in [0.2, 0.25) is 0 Å². The number of halogens is 1. The summed E-state index contributed by atoms with van der Waals surface area (Å²) >= 11 is 7.11. The zero-order chi connectivity index (χ0) is 14.6. The zero-order valence-electron chi connectivity index (χ0n) is 11.5. The van der Waals surface area contributed by atoms with Gasteiger partial charge in [-0.2, -0.15) is 0 Å². The van der Waals surface area contributed by atoms with E-state index in [-0.39, 0.29) is 11.8 Å². The van der Waals surface area contributed by atoms with Gasteiger partial charge >= 0.3 is 5.97 Å². The van der Waals surface area contributed by atoms with Gasteiger partial charge in [-0.15, -0.1) is 22.9 Å². The van der Waals surface area contributed by atoms with Gasteiger partial charge in [0.15, 0.2) is 0 Å². The van der Waals surface area contributed by atoms with Crippen molar-refractivity contribution < 1.29 is 14.3 Å². The molecule has 106 valence electrons. The zero-order valence-corrected chi connectivity index (χ0v) is 13.1. The van der Waals surface area contributed by atoms with E-state index in [2.05, 4.69) is 5.32 Å². The molecule has 1 rings (SSSR count). The first-order valence-electron chi connectivity index (χ1n) is 5.96. The summed E-state index contributed by atoms with van der Waals surface area (Å²) in [6.07, 6.45) is 0. The molecule has 1 N–H and O–H groups in total. The van der Waals surface area contributed by atoms with Gasteiger partial charge in [-0.25, -0.2) is 4.79 Å². The van der Waals surface area contributed by atoms with Crippen LogP contribution in [0.1, 0.15) is 36.0 Å².